The zero-order valence-electron chi connectivity index (χ0n) is 15.3. The fourth-order valence-electron chi connectivity index (χ4n) is 3.42. The van der Waals surface area contributed by atoms with Crippen LogP contribution in [0.15, 0.2) is 60.2 Å². The van der Waals surface area contributed by atoms with Crippen LogP contribution in [0.4, 0.5) is 5.69 Å². The molecule has 1 aliphatic rings. The number of rotatable bonds is 4. The molecular weight excluding hydrogens is 308 g/mol. The number of carbonyl (C=O) groups excluding carboxylic acids is 1. The molecule has 0 aromatic heterocycles. The minimum absolute atomic E-state index is 0.0349. The zero-order chi connectivity index (χ0) is 17.8. The Labute approximate surface area is 150 Å². The van der Waals surface area contributed by atoms with Crippen LogP contribution in [0.5, 0.6) is 0 Å². The van der Waals surface area contributed by atoms with Crippen LogP contribution in [-0.4, -0.2) is 24.4 Å². The molecule has 0 bridgehead atoms. The van der Waals surface area contributed by atoms with Gasteiger partial charge in [-0.25, -0.2) is 0 Å². The van der Waals surface area contributed by atoms with E-state index < -0.39 is 0 Å². The van der Waals surface area contributed by atoms with Gasteiger partial charge in [0.2, 0.25) is 0 Å². The molecule has 3 rings (SSSR count). The van der Waals surface area contributed by atoms with Crippen molar-refractivity contribution < 1.29 is 4.79 Å². The number of nitrogens with one attached hydrogen (secondary N) is 1. The summed E-state index contributed by atoms with van der Waals surface area (Å²) in [5.74, 6) is -0.0349. The van der Waals surface area contributed by atoms with Crippen molar-refractivity contribution in [3.8, 4) is 0 Å². The van der Waals surface area contributed by atoms with Gasteiger partial charge in [0, 0.05) is 23.8 Å². The molecule has 0 unspecified atom stereocenters. The van der Waals surface area contributed by atoms with E-state index in [1.807, 2.05) is 38.1 Å². The Hall–Kier alpha value is -2.39. The Morgan fingerprint density at radius 1 is 1.20 bits per heavy atom. The quantitative estimate of drug-likeness (QED) is 0.843. The van der Waals surface area contributed by atoms with Gasteiger partial charge in [0.1, 0.15) is 0 Å². The second kappa shape index (κ2) is 7.66. The number of anilines is 1. The molecule has 0 radical (unpaired) electrons. The van der Waals surface area contributed by atoms with Gasteiger partial charge in [-0.15, -0.1) is 0 Å². The summed E-state index contributed by atoms with van der Waals surface area (Å²) in [5, 5.41) is 3.06. The van der Waals surface area contributed by atoms with E-state index >= 15 is 0 Å². The number of allylic oxidation sites excluding steroid dienone is 1. The first-order valence-electron chi connectivity index (χ1n) is 8.90. The molecule has 2 aromatic rings. The van der Waals surface area contributed by atoms with E-state index in [4.69, 9.17) is 0 Å². The van der Waals surface area contributed by atoms with Crippen molar-refractivity contribution in [3.63, 3.8) is 0 Å². The normalized spacial score (nSPS) is 17.9. The van der Waals surface area contributed by atoms with Gasteiger partial charge >= 0.3 is 0 Å². The lowest BCUT2D eigenvalue weighted by Gasteiger charge is -2.35. The average molecular weight is 334 g/mol. The standard InChI is InChI=1S/C22H26N2O/c1-4-16(2)22(25)23-20-12-8-6-10-18(20)15-21-19-11-7-5-9-17(19)13-14-24(21)3/h4-12,21H,13-15H2,1-3H3,(H,23,25)/b16-4+/t21-/m1/s1. The molecule has 0 saturated carbocycles. The number of benzene rings is 2. The van der Waals surface area contributed by atoms with Crippen LogP contribution >= 0.6 is 0 Å². The molecule has 1 aliphatic heterocycles. The third kappa shape index (κ3) is 3.83. The number of amides is 1. The summed E-state index contributed by atoms with van der Waals surface area (Å²) in [6.45, 7) is 4.78. The summed E-state index contributed by atoms with van der Waals surface area (Å²) in [6, 6.07) is 17.2. The fourth-order valence-corrected chi connectivity index (χ4v) is 3.42. The first-order valence-corrected chi connectivity index (χ1v) is 8.90. The molecule has 0 saturated heterocycles. The van der Waals surface area contributed by atoms with E-state index in [0.717, 1.165) is 30.6 Å². The fraction of sp³-hybridized carbons (Fsp3) is 0.318. The van der Waals surface area contributed by atoms with Crippen LogP contribution in [0.25, 0.3) is 0 Å². The molecule has 3 nitrogen and oxygen atoms in total. The first kappa shape index (κ1) is 17.4. The van der Waals surface area contributed by atoms with Gasteiger partial charge in [0.15, 0.2) is 0 Å². The summed E-state index contributed by atoms with van der Waals surface area (Å²) >= 11 is 0. The van der Waals surface area contributed by atoms with Crippen LogP contribution in [0.2, 0.25) is 0 Å². The van der Waals surface area contributed by atoms with Gasteiger partial charge < -0.3 is 5.32 Å². The monoisotopic (exact) mass is 334 g/mol. The van der Waals surface area contributed by atoms with E-state index in [2.05, 4.69) is 47.6 Å². The molecular formula is C22H26N2O. The van der Waals surface area contributed by atoms with Crippen molar-refractivity contribution in [2.45, 2.75) is 32.7 Å². The lowest BCUT2D eigenvalue weighted by atomic mass is 9.88. The van der Waals surface area contributed by atoms with E-state index in [0.29, 0.717) is 6.04 Å². The largest absolute Gasteiger partial charge is 0.322 e. The highest BCUT2D eigenvalue weighted by Gasteiger charge is 2.25. The molecule has 25 heavy (non-hydrogen) atoms. The number of carbonyl (C=O) groups is 1. The maximum atomic E-state index is 12.3. The van der Waals surface area contributed by atoms with Gasteiger partial charge in [-0.3, -0.25) is 9.69 Å². The third-order valence-corrected chi connectivity index (χ3v) is 5.15. The Balaban J connectivity index is 1.88. The maximum absolute atomic E-state index is 12.3. The van der Waals surface area contributed by atoms with Gasteiger partial charge in [-0.05, 0) is 56.5 Å². The predicted molar refractivity (Wildman–Crippen MR) is 104 cm³/mol. The number of fused-ring (bicyclic) bond motifs is 1. The van der Waals surface area contributed by atoms with Crippen LogP contribution in [0.3, 0.4) is 0 Å². The summed E-state index contributed by atoms with van der Waals surface area (Å²) in [5.41, 5.74) is 5.66. The van der Waals surface area contributed by atoms with Crippen LogP contribution < -0.4 is 5.32 Å². The van der Waals surface area contributed by atoms with Crippen molar-refractivity contribution in [2.75, 3.05) is 18.9 Å². The number of hydrogen-bond donors (Lipinski definition) is 1. The van der Waals surface area contributed by atoms with E-state index in [-0.39, 0.29) is 5.91 Å². The molecule has 3 heteroatoms. The highest BCUT2D eigenvalue weighted by molar-refractivity contribution is 6.03. The molecule has 1 N–H and O–H groups in total. The molecule has 1 atom stereocenters. The molecule has 0 fully saturated rings. The van der Waals surface area contributed by atoms with Gasteiger partial charge in [0.05, 0.1) is 0 Å². The predicted octanol–water partition coefficient (Wildman–Crippen LogP) is 4.36. The average Bonchev–Trinajstić information content (AvgIpc) is 2.64. The topological polar surface area (TPSA) is 32.3 Å². The van der Waals surface area contributed by atoms with E-state index in [1.54, 1.807) is 0 Å². The Morgan fingerprint density at radius 2 is 1.92 bits per heavy atom. The molecule has 1 heterocycles. The smallest absolute Gasteiger partial charge is 0.250 e. The SMILES string of the molecule is C/C=C(\C)C(=O)Nc1ccccc1C[C@@H]1c2ccccc2CCN1C. The minimum Gasteiger partial charge on any atom is -0.322 e. The Morgan fingerprint density at radius 3 is 2.72 bits per heavy atom. The summed E-state index contributed by atoms with van der Waals surface area (Å²) in [4.78, 5) is 14.7. The zero-order valence-corrected chi connectivity index (χ0v) is 15.3. The molecule has 1 amide bonds. The Kier molecular flexibility index (Phi) is 5.34. The molecule has 0 spiro atoms. The lowest BCUT2D eigenvalue weighted by molar-refractivity contribution is -0.112. The van der Waals surface area contributed by atoms with Crippen molar-refractivity contribution in [1.82, 2.24) is 4.90 Å². The highest BCUT2D eigenvalue weighted by atomic mass is 16.1. The van der Waals surface area contributed by atoms with Crippen molar-refractivity contribution in [3.05, 3.63) is 76.9 Å². The molecule has 130 valence electrons. The third-order valence-electron chi connectivity index (χ3n) is 5.15. The van der Waals surface area contributed by atoms with Crippen LogP contribution in [0, 0.1) is 0 Å². The van der Waals surface area contributed by atoms with Crippen LogP contribution in [-0.2, 0) is 17.6 Å². The number of hydrogen-bond acceptors (Lipinski definition) is 2. The van der Waals surface area contributed by atoms with Crippen molar-refractivity contribution in [2.24, 2.45) is 0 Å². The number of para-hydroxylation sites is 1. The van der Waals surface area contributed by atoms with Gasteiger partial charge in [-0.1, -0.05) is 48.5 Å². The summed E-state index contributed by atoms with van der Waals surface area (Å²) in [7, 11) is 2.19. The second-order valence-corrected chi connectivity index (χ2v) is 6.73. The Bertz CT molecular complexity index is 794. The first-order chi connectivity index (χ1) is 12.1. The minimum atomic E-state index is -0.0349. The number of likely N-dealkylation sites (N-methyl/N-ethyl adjacent to an activating group) is 1. The molecule has 0 aliphatic carbocycles. The van der Waals surface area contributed by atoms with E-state index in [1.165, 1.54) is 16.7 Å². The van der Waals surface area contributed by atoms with Crippen LogP contribution in [0.1, 0.15) is 36.6 Å². The maximum Gasteiger partial charge on any atom is 0.250 e. The summed E-state index contributed by atoms with van der Waals surface area (Å²) < 4.78 is 0. The van der Waals surface area contributed by atoms with Gasteiger partial charge in [-0.2, -0.15) is 0 Å². The van der Waals surface area contributed by atoms with E-state index in [9.17, 15) is 4.79 Å². The summed E-state index contributed by atoms with van der Waals surface area (Å²) in [6.07, 6.45) is 3.82. The second-order valence-electron chi connectivity index (χ2n) is 6.73. The lowest BCUT2D eigenvalue weighted by Crippen LogP contribution is -2.33. The number of nitrogens with zero attached hydrogens (tertiary/aromatic N) is 1. The highest BCUT2D eigenvalue weighted by Crippen LogP contribution is 2.33. The van der Waals surface area contributed by atoms with Crippen molar-refractivity contribution >= 4 is 11.6 Å². The molecule has 2 aromatic carbocycles. The van der Waals surface area contributed by atoms with Gasteiger partial charge in [0.25, 0.3) is 5.91 Å². The van der Waals surface area contributed by atoms with Crippen molar-refractivity contribution in [1.29, 1.82) is 0 Å².